The molecule has 1 aliphatic rings. The number of thiophene rings is 1. The van der Waals surface area contributed by atoms with Gasteiger partial charge in [-0.3, -0.25) is 19.1 Å². The molecule has 29 heavy (non-hydrogen) atoms. The van der Waals surface area contributed by atoms with Crippen molar-refractivity contribution in [2.75, 3.05) is 6.54 Å². The van der Waals surface area contributed by atoms with Crippen LogP contribution >= 0.6 is 11.3 Å². The number of nitrogens with one attached hydrogen (secondary N) is 1. The van der Waals surface area contributed by atoms with Crippen LogP contribution in [-0.4, -0.2) is 26.9 Å². The SMILES string of the molecule is CC(C)n1c(=O)[nH]c2sc3c(c2c1=O)CCN(C(=O)c1cc(F)c(F)c(F)c1)C3. The van der Waals surface area contributed by atoms with Crippen molar-refractivity contribution >= 4 is 27.5 Å². The van der Waals surface area contributed by atoms with Crippen molar-refractivity contribution in [2.24, 2.45) is 0 Å². The van der Waals surface area contributed by atoms with Crippen LogP contribution in [0.3, 0.4) is 0 Å². The predicted molar refractivity (Wildman–Crippen MR) is 102 cm³/mol. The van der Waals surface area contributed by atoms with E-state index in [1.807, 2.05) is 0 Å². The summed E-state index contributed by atoms with van der Waals surface area (Å²) < 4.78 is 41.3. The molecule has 1 N–H and O–H groups in total. The van der Waals surface area contributed by atoms with Crippen LogP contribution in [0.5, 0.6) is 0 Å². The number of carbonyl (C=O) groups is 1. The zero-order valence-corrected chi connectivity index (χ0v) is 16.3. The molecule has 3 aromatic rings. The van der Waals surface area contributed by atoms with E-state index < -0.39 is 29.0 Å². The summed E-state index contributed by atoms with van der Waals surface area (Å²) in [6.45, 7) is 3.82. The molecule has 4 rings (SSSR count). The van der Waals surface area contributed by atoms with Crippen molar-refractivity contribution in [3.63, 3.8) is 0 Å². The van der Waals surface area contributed by atoms with Gasteiger partial charge in [-0.2, -0.15) is 0 Å². The lowest BCUT2D eigenvalue weighted by Crippen LogP contribution is -2.37. The molecule has 0 bridgehead atoms. The van der Waals surface area contributed by atoms with E-state index >= 15 is 0 Å². The van der Waals surface area contributed by atoms with Crippen LogP contribution in [0.4, 0.5) is 13.2 Å². The van der Waals surface area contributed by atoms with Gasteiger partial charge in [0.05, 0.1) is 11.9 Å². The van der Waals surface area contributed by atoms with Gasteiger partial charge in [-0.15, -0.1) is 11.3 Å². The molecule has 152 valence electrons. The Labute approximate surface area is 166 Å². The average molecular weight is 423 g/mol. The lowest BCUT2D eigenvalue weighted by molar-refractivity contribution is 0.0736. The largest absolute Gasteiger partial charge is 0.333 e. The maximum atomic E-state index is 13.5. The molecule has 1 aromatic carbocycles. The standard InChI is InChI=1S/C19H16F3N3O3S/c1-8(2)25-18(27)14-10-3-4-24(7-13(10)29-16(14)23-19(25)28)17(26)9-5-11(20)15(22)12(21)6-9/h5-6,8H,3-4,7H2,1-2H3,(H,23,28). The lowest BCUT2D eigenvalue weighted by Gasteiger charge is -2.27. The lowest BCUT2D eigenvalue weighted by atomic mass is 10.0. The van der Waals surface area contributed by atoms with Crippen molar-refractivity contribution in [3.8, 4) is 0 Å². The summed E-state index contributed by atoms with van der Waals surface area (Å²) in [5.41, 5.74) is -0.400. The van der Waals surface area contributed by atoms with Gasteiger partial charge in [-0.05, 0) is 38.0 Å². The summed E-state index contributed by atoms with van der Waals surface area (Å²) in [6.07, 6.45) is 0.354. The predicted octanol–water partition coefficient (Wildman–Crippen LogP) is 2.95. The molecule has 0 radical (unpaired) electrons. The summed E-state index contributed by atoms with van der Waals surface area (Å²) in [5, 5.41) is 0.435. The number of carbonyl (C=O) groups excluding carboxylic acids is 1. The van der Waals surface area contributed by atoms with E-state index in [0.29, 0.717) is 28.8 Å². The molecule has 0 saturated heterocycles. The summed E-state index contributed by atoms with van der Waals surface area (Å²) in [5.74, 6) is -5.13. The van der Waals surface area contributed by atoms with Crippen LogP contribution in [-0.2, 0) is 13.0 Å². The van der Waals surface area contributed by atoms with E-state index in [-0.39, 0.29) is 30.3 Å². The Morgan fingerprint density at radius 3 is 2.45 bits per heavy atom. The Hall–Kier alpha value is -2.88. The van der Waals surface area contributed by atoms with Crippen molar-refractivity contribution in [1.82, 2.24) is 14.5 Å². The van der Waals surface area contributed by atoms with Crippen LogP contribution in [0.25, 0.3) is 10.2 Å². The maximum Gasteiger partial charge on any atom is 0.329 e. The van der Waals surface area contributed by atoms with Gasteiger partial charge in [0.1, 0.15) is 4.83 Å². The van der Waals surface area contributed by atoms with E-state index in [0.717, 1.165) is 15.0 Å². The van der Waals surface area contributed by atoms with E-state index in [1.54, 1.807) is 13.8 Å². The molecule has 0 spiro atoms. The minimum absolute atomic E-state index is 0.122. The van der Waals surface area contributed by atoms with Gasteiger partial charge in [0.15, 0.2) is 17.5 Å². The summed E-state index contributed by atoms with van der Waals surface area (Å²) >= 11 is 1.20. The quantitative estimate of drug-likeness (QED) is 0.644. The second-order valence-corrected chi connectivity index (χ2v) is 8.24. The van der Waals surface area contributed by atoms with Gasteiger partial charge in [0.25, 0.3) is 11.5 Å². The number of H-pyrrole nitrogens is 1. The molecule has 2 aromatic heterocycles. The first-order chi connectivity index (χ1) is 13.7. The molecule has 0 unspecified atom stereocenters. The molecule has 0 aliphatic carbocycles. The molecule has 1 aliphatic heterocycles. The average Bonchev–Trinajstić information content (AvgIpc) is 3.02. The molecule has 0 atom stereocenters. The number of rotatable bonds is 2. The summed E-state index contributed by atoms with van der Waals surface area (Å²) in [6, 6.07) is 1.02. The molecular weight excluding hydrogens is 407 g/mol. The second kappa shape index (κ2) is 6.87. The number of nitrogens with zero attached hydrogens (tertiary/aromatic N) is 2. The minimum atomic E-state index is -1.63. The fraction of sp³-hybridized carbons (Fsp3) is 0.316. The minimum Gasteiger partial charge on any atom is -0.333 e. The number of hydrogen-bond donors (Lipinski definition) is 1. The molecule has 0 saturated carbocycles. The Morgan fingerprint density at radius 2 is 1.83 bits per heavy atom. The van der Waals surface area contributed by atoms with Crippen LogP contribution in [0.1, 0.15) is 40.7 Å². The number of aromatic nitrogens is 2. The number of benzene rings is 1. The Bertz CT molecular complexity index is 1250. The Morgan fingerprint density at radius 1 is 1.17 bits per heavy atom. The second-order valence-electron chi connectivity index (χ2n) is 7.14. The number of halogens is 3. The highest BCUT2D eigenvalue weighted by Gasteiger charge is 2.28. The number of fused-ring (bicyclic) bond motifs is 3. The number of amides is 1. The normalized spacial score (nSPS) is 13.9. The van der Waals surface area contributed by atoms with Gasteiger partial charge < -0.3 is 4.90 Å². The highest BCUT2D eigenvalue weighted by molar-refractivity contribution is 7.18. The maximum absolute atomic E-state index is 13.5. The monoisotopic (exact) mass is 423 g/mol. The van der Waals surface area contributed by atoms with Crippen LogP contribution < -0.4 is 11.2 Å². The van der Waals surface area contributed by atoms with Gasteiger partial charge in [-0.25, -0.2) is 18.0 Å². The van der Waals surface area contributed by atoms with Crippen LogP contribution in [0.15, 0.2) is 21.7 Å². The first-order valence-electron chi connectivity index (χ1n) is 8.92. The van der Waals surface area contributed by atoms with E-state index in [1.165, 1.54) is 16.2 Å². The highest BCUT2D eigenvalue weighted by Crippen LogP contribution is 2.32. The van der Waals surface area contributed by atoms with E-state index in [2.05, 4.69) is 4.98 Å². The molecule has 6 nitrogen and oxygen atoms in total. The Kier molecular flexibility index (Phi) is 4.60. The zero-order chi connectivity index (χ0) is 21.0. The number of aromatic amines is 1. The highest BCUT2D eigenvalue weighted by atomic mass is 32.1. The summed E-state index contributed by atoms with van der Waals surface area (Å²) in [7, 11) is 0. The van der Waals surface area contributed by atoms with Crippen molar-refractivity contribution < 1.29 is 18.0 Å². The van der Waals surface area contributed by atoms with Crippen molar-refractivity contribution in [2.45, 2.75) is 32.9 Å². The fourth-order valence-corrected chi connectivity index (χ4v) is 4.84. The molecule has 10 heteroatoms. The smallest absolute Gasteiger partial charge is 0.329 e. The van der Waals surface area contributed by atoms with Crippen LogP contribution in [0, 0.1) is 17.5 Å². The van der Waals surface area contributed by atoms with E-state index in [9.17, 15) is 27.6 Å². The van der Waals surface area contributed by atoms with Crippen molar-refractivity contribution in [3.05, 3.63) is 66.4 Å². The molecule has 0 fully saturated rings. The van der Waals surface area contributed by atoms with Crippen molar-refractivity contribution in [1.29, 1.82) is 0 Å². The zero-order valence-electron chi connectivity index (χ0n) is 15.5. The fourth-order valence-electron chi connectivity index (χ4n) is 3.59. The topological polar surface area (TPSA) is 75.2 Å². The third-order valence-electron chi connectivity index (χ3n) is 4.96. The first kappa shape index (κ1) is 19.4. The van der Waals surface area contributed by atoms with Gasteiger partial charge in [0.2, 0.25) is 0 Å². The Balaban J connectivity index is 1.73. The first-order valence-corrected chi connectivity index (χ1v) is 9.73. The van der Waals surface area contributed by atoms with Gasteiger partial charge in [0, 0.05) is 23.0 Å². The third kappa shape index (κ3) is 3.07. The summed E-state index contributed by atoms with van der Waals surface area (Å²) in [4.78, 5) is 42.9. The van der Waals surface area contributed by atoms with Crippen LogP contribution in [0.2, 0.25) is 0 Å². The molecular formula is C19H16F3N3O3S. The van der Waals surface area contributed by atoms with Gasteiger partial charge >= 0.3 is 5.69 Å². The van der Waals surface area contributed by atoms with Gasteiger partial charge in [-0.1, -0.05) is 0 Å². The third-order valence-corrected chi connectivity index (χ3v) is 6.10. The molecule has 1 amide bonds. The van der Waals surface area contributed by atoms with E-state index in [4.69, 9.17) is 0 Å². The number of hydrogen-bond acceptors (Lipinski definition) is 4. The molecule has 3 heterocycles.